The summed E-state index contributed by atoms with van der Waals surface area (Å²) in [5.41, 5.74) is 1.48. The Morgan fingerprint density at radius 2 is 1.93 bits per heavy atom. The first-order valence-electron chi connectivity index (χ1n) is 8.76. The zero-order valence-corrected chi connectivity index (χ0v) is 15.8. The van der Waals surface area contributed by atoms with Crippen LogP contribution in [0.25, 0.3) is 0 Å². The summed E-state index contributed by atoms with van der Waals surface area (Å²) in [6.45, 7) is 3.71. The highest BCUT2D eigenvalue weighted by Crippen LogP contribution is 2.26. The van der Waals surface area contributed by atoms with Crippen LogP contribution in [0.15, 0.2) is 54.7 Å². The van der Waals surface area contributed by atoms with E-state index < -0.39 is 10.9 Å². The molecule has 0 saturated heterocycles. The van der Waals surface area contributed by atoms with Crippen molar-refractivity contribution in [1.82, 2.24) is 9.97 Å². The number of aryl methyl sites for hydroxylation is 1. The number of non-ortho nitro benzene ring substituents is 1. The molecule has 0 bridgehead atoms. The largest absolute Gasteiger partial charge is 0.462 e. The van der Waals surface area contributed by atoms with Crippen molar-refractivity contribution < 1.29 is 19.2 Å². The molecule has 0 amide bonds. The minimum atomic E-state index is -0.469. The molecule has 9 heteroatoms. The number of rotatable bonds is 7. The molecule has 0 aliphatic heterocycles. The van der Waals surface area contributed by atoms with E-state index in [0.29, 0.717) is 34.4 Å². The van der Waals surface area contributed by atoms with Crippen LogP contribution in [0.1, 0.15) is 23.0 Å². The fourth-order valence-corrected chi connectivity index (χ4v) is 2.47. The second kappa shape index (κ2) is 8.79. The van der Waals surface area contributed by atoms with Gasteiger partial charge in [0.25, 0.3) is 5.69 Å². The number of hydrogen-bond acceptors (Lipinski definition) is 8. The van der Waals surface area contributed by atoms with Crippen molar-refractivity contribution in [1.29, 1.82) is 0 Å². The second-order valence-electron chi connectivity index (χ2n) is 5.92. The topological polar surface area (TPSA) is 116 Å². The summed E-state index contributed by atoms with van der Waals surface area (Å²) < 4.78 is 10.7. The standard InChI is InChI=1S/C20H18N4O5/c1-3-28-19(25)18-12-21-20(22-13(18)2)23-14-5-4-6-17(11-14)29-16-9-7-15(8-10-16)24(26)27/h4-12H,3H2,1-2H3,(H,21,22,23). The lowest BCUT2D eigenvalue weighted by atomic mass is 10.2. The van der Waals surface area contributed by atoms with Gasteiger partial charge in [-0.3, -0.25) is 10.1 Å². The van der Waals surface area contributed by atoms with E-state index in [0.717, 1.165) is 0 Å². The van der Waals surface area contributed by atoms with Crippen molar-refractivity contribution in [2.75, 3.05) is 11.9 Å². The summed E-state index contributed by atoms with van der Waals surface area (Å²) in [6.07, 6.45) is 1.42. The summed E-state index contributed by atoms with van der Waals surface area (Å²) in [6, 6.07) is 12.9. The number of ether oxygens (including phenoxy) is 2. The molecule has 1 N–H and O–H groups in total. The van der Waals surface area contributed by atoms with Gasteiger partial charge in [-0.25, -0.2) is 14.8 Å². The molecule has 1 aromatic heterocycles. The van der Waals surface area contributed by atoms with E-state index in [-0.39, 0.29) is 12.3 Å². The molecule has 9 nitrogen and oxygen atoms in total. The molecule has 2 aromatic carbocycles. The highest BCUT2D eigenvalue weighted by Gasteiger charge is 2.13. The molecular formula is C20H18N4O5. The minimum Gasteiger partial charge on any atom is -0.462 e. The molecule has 3 aromatic rings. The lowest BCUT2D eigenvalue weighted by molar-refractivity contribution is -0.384. The number of nitro benzene ring substituents is 1. The fourth-order valence-electron chi connectivity index (χ4n) is 2.47. The first-order valence-corrected chi connectivity index (χ1v) is 8.76. The predicted molar refractivity (Wildman–Crippen MR) is 106 cm³/mol. The van der Waals surface area contributed by atoms with Crippen molar-refractivity contribution >= 4 is 23.3 Å². The Morgan fingerprint density at radius 3 is 2.59 bits per heavy atom. The van der Waals surface area contributed by atoms with Gasteiger partial charge < -0.3 is 14.8 Å². The van der Waals surface area contributed by atoms with Gasteiger partial charge in [0.1, 0.15) is 11.5 Å². The van der Waals surface area contributed by atoms with Crippen molar-refractivity contribution in [3.63, 3.8) is 0 Å². The van der Waals surface area contributed by atoms with E-state index in [2.05, 4.69) is 15.3 Å². The number of carbonyl (C=O) groups is 1. The zero-order valence-electron chi connectivity index (χ0n) is 15.8. The van der Waals surface area contributed by atoms with Gasteiger partial charge in [-0.1, -0.05) is 6.07 Å². The Labute approximate surface area is 166 Å². The van der Waals surface area contributed by atoms with Crippen LogP contribution in [0.3, 0.4) is 0 Å². The van der Waals surface area contributed by atoms with Crippen LogP contribution in [0.4, 0.5) is 17.3 Å². The Hall–Kier alpha value is -4.01. The molecule has 0 aliphatic rings. The molecule has 29 heavy (non-hydrogen) atoms. The number of benzene rings is 2. The maximum atomic E-state index is 11.8. The van der Waals surface area contributed by atoms with Crippen LogP contribution >= 0.6 is 0 Å². The highest BCUT2D eigenvalue weighted by atomic mass is 16.6. The number of hydrogen-bond donors (Lipinski definition) is 1. The summed E-state index contributed by atoms with van der Waals surface area (Å²) in [4.78, 5) is 30.5. The molecule has 0 spiro atoms. The summed E-state index contributed by atoms with van der Waals surface area (Å²) >= 11 is 0. The molecule has 0 fully saturated rings. The van der Waals surface area contributed by atoms with Gasteiger partial charge in [0.15, 0.2) is 0 Å². The van der Waals surface area contributed by atoms with Gasteiger partial charge in [0.05, 0.1) is 22.8 Å². The van der Waals surface area contributed by atoms with Gasteiger partial charge in [0, 0.05) is 30.1 Å². The zero-order chi connectivity index (χ0) is 20.8. The second-order valence-corrected chi connectivity index (χ2v) is 5.92. The van der Waals surface area contributed by atoms with Crippen molar-refractivity contribution in [2.24, 2.45) is 0 Å². The lowest BCUT2D eigenvalue weighted by Crippen LogP contribution is -2.10. The molecule has 0 unspecified atom stereocenters. The molecule has 0 radical (unpaired) electrons. The number of nitrogens with zero attached hydrogens (tertiary/aromatic N) is 3. The molecular weight excluding hydrogens is 376 g/mol. The third kappa shape index (κ3) is 5.04. The third-order valence-electron chi connectivity index (χ3n) is 3.85. The number of carbonyl (C=O) groups excluding carboxylic acids is 1. The van der Waals surface area contributed by atoms with Gasteiger partial charge in [-0.2, -0.15) is 0 Å². The average molecular weight is 394 g/mol. The van der Waals surface area contributed by atoms with Crippen LogP contribution in [-0.2, 0) is 4.74 Å². The van der Waals surface area contributed by atoms with E-state index in [9.17, 15) is 14.9 Å². The number of anilines is 2. The Bertz CT molecular complexity index is 1040. The highest BCUT2D eigenvalue weighted by molar-refractivity contribution is 5.90. The van der Waals surface area contributed by atoms with Gasteiger partial charge in [-0.15, -0.1) is 0 Å². The summed E-state index contributed by atoms with van der Waals surface area (Å²) in [7, 11) is 0. The number of esters is 1. The SMILES string of the molecule is CCOC(=O)c1cnc(Nc2cccc(Oc3ccc([N+](=O)[O-])cc3)c2)nc1C. The van der Waals surface area contributed by atoms with Crippen molar-refractivity contribution in [3.8, 4) is 11.5 Å². The van der Waals surface area contributed by atoms with Gasteiger partial charge in [0.2, 0.25) is 5.95 Å². The van der Waals surface area contributed by atoms with Crippen molar-refractivity contribution in [2.45, 2.75) is 13.8 Å². The molecule has 0 atom stereocenters. The maximum Gasteiger partial charge on any atom is 0.341 e. The van der Waals surface area contributed by atoms with Gasteiger partial charge in [-0.05, 0) is 38.1 Å². The Balaban J connectivity index is 1.72. The molecule has 3 rings (SSSR count). The van der Waals surface area contributed by atoms with E-state index in [1.165, 1.54) is 30.5 Å². The number of aromatic nitrogens is 2. The lowest BCUT2D eigenvalue weighted by Gasteiger charge is -2.10. The smallest absolute Gasteiger partial charge is 0.341 e. The quantitative estimate of drug-likeness (QED) is 0.356. The van der Waals surface area contributed by atoms with E-state index >= 15 is 0 Å². The van der Waals surface area contributed by atoms with Crippen LogP contribution in [-0.4, -0.2) is 27.5 Å². The molecule has 0 aliphatic carbocycles. The van der Waals surface area contributed by atoms with E-state index in [1.54, 1.807) is 38.1 Å². The average Bonchev–Trinajstić information content (AvgIpc) is 2.69. The molecule has 1 heterocycles. The van der Waals surface area contributed by atoms with Crippen LogP contribution in [0.2, 0.25) is 0 Å². The van der Waals surface area contributed by atoms with E-state index in [4.69, 9.17) is 9.47 Å². The van der Waals surface area contributed by atoms with Crippen LogP contribution in [0.5, 0.6) is 11.5 Å². The van der Waals surface area contributed by atoms with Crippen LogP contribution < -0.4 is 10.1 Å². The normalized spacial score (nSPS) is 10.3. The first-order chi connectivity index (χ1) is 14.0. The third-order valence-corrected chi connectivity index (χ3v) is 3.85. The Kier molecular flexibility index (Phi) is 5.98. The van der Waals surface area contributed by atoms with Crippen LogP contribution in [0, 0.1) is 17.0 Å². The van der Waals surface area contributed by atoms with Crippen molar-refractivity contribution in [3.05, 3.63) is 76.1 Å². The summed E-state index contributed by atoms with van der Waals surface area (Å²) in [5, 5.41) is 13.8. The molecule has 148 valence electrons. The number of nitro groups is 1. The minimum absolute atomic E-state index is 0.00782. The monoisotopic (exact) mass is 394 g/mol. The fraction of sp³-hybridized carbons (Fsp3) is 0.150. The van der Waals surface area contributed by atoms with Gasteiger partial charge >= 0.3 is 5.97 Å². The predicted octanol–water partition coefficient (Wildman–Crippen LogP) is 4.41. The maximum absolute atomic E-state index is 11.8. The van der Waals surface area contributed by atoms with E-state index in [1.807, 2.05) is 0 Å². The number of nitrogens with one attached hydrogen (secondary N) is 1. The summed E-state index contributed by atoms with van der Waals surface area (Å²) in [5.74, 6) is 0.862. The molecule has 0 saturated carbocycles. The Morgan fingerprint density at radius 1 is 1.17 bits per heavy atom. The first kappa shape index (κ1) is 19.7.